The number of nitrogens with two attached hydrogens (primary N) is 1. The van der Waals surface area contributed by atoms with Crippen LogP contribution in [0, 0.1) is 5.82 Å². The van der Waals surface area contributed by atoms with Gasteiger partial charge in [-0.3, -0.25) is 0 Å². The van der Waals surface area contributed by atoms with Crippen LogP contribution in [0.2, 0.25) is 0 Å². The number of hydrogen-bond donors (Lipinski definition) is 1. The zero-order chi connectivity index (χ0) is 15.7. The molecule has 2 unspecified atom stereocenters. The van der Waals surface area contributed by atoms with E-state index >= 15 is 0 Å². The molecule has 4 heteroatoms. The van der Waals surface area contributed by atoms with Crippen molar-refractivity contribution in [1.82, 2.24) is 9.55 Å². The largest absolute Gasteiger partial charge is 0.321 e. The molecule has 3 nitrogen and oxygen atoms in total. The third-order valence-corrected chi connectivity index (χ3v) is 4.12. The standard InChI is InChI=1S/C18H20FN3/c1-3-15(20)18-21-16-11-14(19)9-10-17(16)22(18)12(2)13-7-5-4-6-8-13/h4-12,15H,3,20H2,1-2H3. The van der Waals surface area contributed by atoms with Gasteiger partial charge in [-0.25, -0.2) is 9.37 Å². The van der Waals surface area contributed by atoms with Crippen molar-refractivity contribution in [3.63, 3.8) is 0 Å². The van der Waals surface area contributed by atoms with Crippen LogP contribution >= 0.6 is 0 Å². The maximum atomic E-state index is 13.5. The molecule has 0 amide bonds. The molecule has 0 bridgehead atoms. The minimum atomic E-state index is -0.277. The maximum absolute atomic E-state index is 13.5. The monoisotopic (exact) mass is 297 g/mol. The van der Waals surface area contributed by atoms with Gasteiger partial charge in [-0.1, -0.05) is 37.3 Å². The van der Waals surface area contributed by atoms with E-state index in [0.717, 1.165) is 17.8 Å². The minimum Gasteiger partial charge on any atom is -0.321 e. The van der Waals surface area contributed by atoms with Crippen LogP contribution in [0.1, 0.15) is 43.7 Å². The van der Waals surface area contributed by atoms with Crippen LogP contribution in [-0.2, 0) is 0 Å². The van der Waals surface area contributed by atoms with Gasteiger partial charge < -0.3 is 10.3 Å². The number of aromatic nitrogens is 2. The van der Waals surface area contributed by atoms with Crippen LogP contribution in [0.4, 0.5) is 4.39 Å². The van der Waals surface area contributed by atoms with E-state index in [1.807, 2.05) is 25.1 Å². The smallest absolute Gasteiger partial charge is 0.127 e. The van der Waals surface area contributed by atoms with Crippen LogP contribution < -0.4 is 5.73 Å². The first kappa shape index (κ1) is 14.7. The Morgan fingerprint density at radius 3 is 2.59 bits per heavy atom. The van der Waals surface area contributed by atoms with Gasteiger partial charge >= 0.3 is 0 Å². The molecule has 0 aliphatic heterocycles. The van der Waals surface area contributed by atoms with E-state index in [2.05, 4.69) is 28.6 Å². The van der Waals surface area contributed by atoms with Gasteiger partial charge in [-0.05, 0) is 31.0 Å². The molecule has 114 valence electrons. The number of rotatable bonds is 4. The topological polar surface area (TPSA) is 43.8 Å². The molecule has 2 N–H and O–H groups in total. The highest BCUT2D eigenvalue weighted by atomic mass is 19.1. The lowest BCUT2D eigenvalue weighted by Gasteiger charge is -2.20. The molecule has 1 heterocycles. The quantitative estimate of drug-likeness (QED) is 0.784. The van der Waals surface area contributed by atoms with E-state index in [1.54, 1.807) is 6.07 Å². The fourth-order valence-electron chi connectivity index (χ4n) is 2.82. The maximum Gasteiger partial charge on any atom is 0.127 e. The first-order valence-electron chi connectivity index (χ1n) is 7.59. The van der Waals surface area contributed by atoms with Crippen molar-refractivity contribution in [2.75, 3.05) is 0 Å². The Morgan fingerprint density at radius 1 is 1.18 bits per heavy atom. The van der Waals surface area contributed by atoms with E-state index in [-0.39, 0.29) is 17.9 Å². The molecule has 2 aromatic carbocycles. The van der Waals surface area contributed by atoms with Gasteiger partial charge in [0.1, 0.15) is 11.6 Å². The SMILES string of the molecule is CCC(N)c1nc2cc(F)ccc2n1C(C)c1ccccc1. The highest BCUT2D eigenvalue weighted by Gasteiger charge is 2.20. The van der Waals surface area contributed by atoms with Gasteiger partial charge in [0.2, 0.25) is 0 Å². The molecule has 0 saturated carbocycles. The Kier molecular flexibility index (Phi) is 3.94. The first-order chi connectivity index (χ1) is 10.6. The summed E-state index contributed by atoms with van der Waals surface area (Å²) in [7, 11) is 0. The van der Waals surface area contributed by atoms with Gasteiger partial charge in [0.05, 0.1) is 23.1 Å². The summed E-state index contributed by atoms with van der Waals surface area (Å²) in [5, 5.41) is 0. The molecule has 0 spiro atoms. The van der Waals surface area contributed by atoms with Crippen molar-refractivity contribution in [2.45, 2.75) is 32.4 Å². The zero-order valence-electron chi connectivity index (χ0n) is 12.8. The van der Waals surface area contributed by atoms with E-state index in [9.17, 15) is 4.39 Å². The second kappa shape index (κ2) is 5.89. The first-order valence-corrected chi connectivity index (χ1v) is 7.59. The lowest BCUT2D eigenvalue weighted by atomic mass is 10.1. The van der Waals surface area contributed by atoms with Crippen LogP contribution in [0.15, 0.2) is 48.5 Å². The van der Waals surface area contributed by atoms with Gasteiger partial charge in [-0.15, -0.1) is 0 Å². The number of nitrogens with zero attached hydrogens (tertiary/aromatic N) is 2. The Morgan fingerprint density at radius 2 is 1.91 bits per heavy atom. The summed E-state index contributed by atoms with van der Waals surface area (Å²) in [6, 6.07) is 14.8. The third kappa shape index (κ3) is 2.50. The molecule has 0 fully saturated rings. The van der Waals surface area contributed by atoms with Crippen LogP contribution in [-0.4, -0.2) is 9.55 Å². The number of imidazole rings is 1. The molecular weight excluding hydrogens is 277 g/mol. The van der Waals surface area contributed by atoms with E-state index in [4.69, 9.17) is 5.73 Å². The predicted molar refractivity (Wildman–Crippen MR) is 87.2 cm³/mol. The van der Waals surface area contributed by atoms with E-state index in [0.29, 0.717) is 5.52 Å². The molecule has 22 heavy (non-hydrogen) atoms. The molecule has 2 atom stereocenters. The van der Waals surface area contributed by atoms with E-state index < -0.39 is 0 Å². The Hall–Kier alpha value is -2.20. The summed E-state index contributed by atoms with van der Waals surface area (Å²) in [6.45, 7) is 4.15. The molecule has 1 aromatic heterocycles. The van der Waals surface area contributed by atoms with Gasteiger partial charge in [0, 0.05) is 6.07 Å². The zero-order valence-corrected chi connectivity index (χ0v) is 12.8. The second-order valence-electron chi connectivity index (χ2n) is 5.57. The van der Waals surface area contributed by atoms with Gasteiger partial charge in [0.25, 0.3) is 0 Å². The highest BCUT2D eigenvalue weighted by molar-refractivity contribution is 5.76. The van der Waals surface area contributed by atoms with Crippen molar-refractivity contribution in [2.24, 2.45) is 5.73 Å². The summed E-state index contributed by atoms with van der Waals surface area (Å²) in [5.41, 5.74) is 8.98. The number of halogens is 1. The third-order valence-electron chi connectivity index (χ3n) is 4.12. The molecular formula is C18H20FN3. The Bertz CT molecular complexity index is 780. The molecule has 0 saturated heterocycles. The van der Waals surface area contributed by atoms with Crippen molar-refractivity contribution in [1.29, 1.82) is 0 Å². The molecule has 0 aliphatic rings. The Labute approximate surface area is 129 Å². The lowest BCUT2D eigenvalue weighted by Crippen LogP contribution is -2.18. The van der Waals surface area contributed by atoms with Crippen molar-refractivity contribution >= 4 is 11.0 Å². The number of benzene rings is 2. The fourth-order valence-corrected chi connectivity index (χ4v) is 2.82. The number of hydrogen-bond acceptors (Lipinski definition) is 2. The highest BCUT2D eigenvalue weighted by Crippen LogP contribution is 2.29. The van der Waals surface area contributed by atoms with Crippen molar-refractivity contribution < 1.29 is 4.39 Å². The summed E-state index contributed by atoms with van der Waals surface area (Å²) < 4.78 is 15.6. The van der Waals surface area contributed by atoms with Crippen LogP contribution in [0.5, 0.6) is 0 Å². The second-order valence-corrected chi connectivity index (χ2v) is 5.57. The van der Waals surface area contributed by atoms with Crippen LogP contribution in [0.25, 0.3) is 11.0 Å². The molecule has 3 rings (SSSR count). The minimum absolute atomic E-state index is 0.0873. The summed E-state index contributed by atoms with van der Waals surface area (Å²) >= 11 is 0. The average Bonchev–Trinajstić information content (AvgIpc) is 2.92. The van der Waals surface area contributed by atoms with Gasteiger partial charge in [0.15, 0.2) is 0 Å². The molecule has 0 radical (unpaired) electrons. The average molecular weight is 297 g/mol. The summed E-state index contributed by atoms with van der Waals surface area (Å²) in [6.07, 6.45) is 0.785. The van der Waals surface area contributed by atoms with Crippen molar-refractivity contribution in [3.05, 3.63) is 65.7 Å². The fraction of sp³-hybridized carbons (Fsp3) is 0.278. The van der Waals surface area contributed by atoms with Crippen LogP contribution in [0.3, 0.4) is 0 Å². The van der Waals surface area contributed by atoms with E-state index in [1.165, 1.54) is 17.7 Å². The van der Waals surface area contributed by atoms with Gasteiger partial charge in [-0.2, -0.15) is 0 Å². The number of fused-ring (bicyclic) bond motifs is 1. The summed E-state index contributed by atoms with van der Waals surface area (Å²) in [5.74, 6) is 0.528. The lowest BCUT2D eigenvalue weighted by molar-refractivity contribution is 0.555. The Balaban J connectivity index is 2.21. The molecule has 3 aromatic rings. The van der Waals surface area contributed by atoms with Crippen molar-refractivity contribution in [3.8, 4) is 0 Å². The predicted octanol–water partition coefficient (Wildman–Crippen LogP) is 4.19. The summed E-state index contributed by atoms with van der Waals surface area (Å²) in [4.78, 5) is 4.59. The molecule has 0 aliphatic carbocycles. The normalized spacial score (nSPS) is 14.2.